The summed E-state index contributed by atoms with van der Waals surface area (Å²) in [7, 11) is 3.04. The number of carboxylic acid groups (broad SMARTS) is 1. The summed E-state index contributed by atoms with van der Waals surface area (Å²) in [4.78, 5) is 23.0. The number of benzene rings is 1. The number of aliphatic carboxylic acids is 1. The number of anilines is 1. The van der Waals surface area contributed by atoms with Crippen LogP contribution in [0.1, 0.15) is 25.8 Å². The molecular weight excluding hydrogens is 274 g/mol. The maximum absolute atomic E-state index is 12.0. The van der Waals surface area contributed by atoms with Gasteiger partial charge in [-0.15, -0.1) is 0 Å². The number of aryl methyl sites for hydroxylation is 1. The molecule has 1 aromatic rings. The fraction of sp³-hybridized carbons (Fsp3) is 0.467. The number of amides is 1. The Hall–Kier alpha value is -2.24. The molecule has 1 rings (SSSR count). The number of nitrogens with one attached hydrogen (secondary N) is 1. The van der Waals surface area contributed by atoms with Crippen molar-refractivity contribution in [2.45, 2.75) is 27.2 Å². The Kier molecular flexibility index (Phi) is 5.18. The van der Waals surface area contributed by atoms with Gasteiger partial charge in [-0.3, -0.25) is 9.59 Å². The molecule has 0 unspecified atom stereocenters. The average Bonchev–Trinajstić information content (AvgIpc) is 2.39. The zero-order chi connectivity index (χ0) is 16.2. The van der Waals surface area contributed by atoms with Crippen LogP contribution in [0, 0.1) is 12.3 Å². The summed E-state index contributed by atoms with van der Waals surface area (Å²) in [6, 6.07) is 3.40. The molecule has 0 aliphatic carbocycles. The lowest BCUT2D eigenvalue weighted by Crippen LogP contribution is -2.29. The first-order chi connectivity index (χ1) is 9.71. The number of ether oxygens (including phenoxy) is 2. The molecule has 0 aliphatic heterocycles. The van der Waals surface area contributed by atoms with Gasteiger partial charge in [0.2, 0.25) is 5.91 Å². The van der Waals surface area contributed by atoms with Crippen molar-refractivity contribution in [3.8, 4) is 11.5 Å². The molecule has 0 aromatic heterocycles. The lowest BCUT2D eigenvalue weighted by molar-refractivity contribution is -0.148. The van der Waals surface area contributed by atoms with E-state index in [9.17, 15) is 9.59 Å². The van der Waals surface area contributed by atoms with Crippen molar-refractivity contribution in [1.82, 2.24) is 0 Å². The molecule has 2 N–H and O–H groups in total. The minimum absolute atomic E-state index is 0.115. The van der Waals surface area contributed by atoms with Crippen LogP contribution in [0.3, 0.4) is 0 Å². The van der Waals surface area contributed by atoms with E-state index in [0.717, 1.165) is 5.56 Å². The van der Waals surface area contributed by atoms with Crippen LogP contribution in [-0.4, -0.2) is 31.2 Å². The highest BCUT2D eigenvalue weighted by atomic mass is 16.5. The van der Waals surface area contributed by atoms with E-state index in [0.29, 0.717) is 17.2 Å². The first kappa shape index (κ1) is 16.8. The van der Waals surface area contributed by atoms with E-state index in [2.05, 4.69) is 5.32 Å². The van der Waals surface area contributed by atoms with Crippen LogP contribution in [0.5, 0.6) is 11.5 Å². The number of rotatable bonds is 6. The normalized spacial score (nSPS) is 10.9. The standard InChI is InChI=1S/C15H21NO5/c1-9-6-11(20-4)12(21-5)7-10(9)16-13(17)8-15(2,3)14(18)19/h6-7H,8H2,1-5H3,(H,16,17)(H,18,19). The summed E-state index contributed by atoms with van der Waals surface area (Å²) >= 11 is 0. The van der Waals surface area contributed by atoms with Gasteiger partial charge in [-0.05, 0) is 32.4 Å². The van der Waals surface area contributed by atoms with Crippen molar-refractivity contribution >= 4 is 17.6 Å². The predicted octanol–water partition coefficient (Wildman–Crippen LogP) is 2.45. The zero-order valence-electron chi connectivity index (χ0n) is 12.9. The van der Waals surface area contributed by atoms with E-state index in [1.807, 2.05) is 6.92 Å². The molecule has 0 aliphatic rings. The Bertz CT molecular complexity index is 551. The first-order valence-corrected chi connectivity index (χ1v) is 6.47. The van der Waals surface area contributed by atoms with Crippen molar-refractivity contribution in [3.05, 3.63) is 17.7 Å². The van der Waals surface area contributed by atoms with Crippen LogP contribution in [-0.2, 0) is 9.59 Å². The van der Waals surface area contributed by atoms with E-state index >= 15 is 0 Å². The maximum atomic E-state index is 12.0. The van der Waals surface area contributed by atoms with Gasteiger partial charge >= 0.3 is 5.97 Å². The van der Waals surface area contributed by atoms with Crippen LogP contribution in [0.15, 0.2) is 12.1 Å². The van der Waals surface area contributed by atoms with Gasteiger partial charge in [-0.25, -0.2) is 0 Å². The molecule has 0 heterocycles. The number of carbonyl (C=O) groups excluding carboxylic acids is 1. The van der Waals surface area contributed by atoms with E-state index in [1.165, 1.54) is 28.1 Å². The molecule has 6 nitrogen and oxygen atoms in total. The molecule has 1 aromatic carbocycles. The second-order valence-corrected chi connectivity index (χ2v) is 5.44. The molecule has 0 spiro atoms. The minimum atomic E-state index is -1.12. The summed E-state index contributed by atoms with van der Waals surface area (Å²) in [5, 5.41) is 11.8. The molecule has 6 heteroatoms. The summed E-state index contributed by atoms with van der Waals surface area (Å²) in [5.74, 6) is -0.311. The predicted molar refractivity (Wildman–Crippen MR) is 78.9 cm³/mol. The first-order valence-electron chi connectivity index (χ1n) is 6.47. The van der Waals surface area contributed by atoms with Gasteiger partial charge < -0.3 is 19.9 Å². The van der Waals surface area contributed by atoms with E-state index in [-0.39, 0.29) is 12.3 Å². The number of methoxy groups -OCH3 is 2. The highest BCUT2D eigenvalue weighted by Crippen LogP contribution is 2.33. The number of hydrogen-bond acceptors (Lipinski definition) is 4. The second kappa shape index (κ2) is 6.47. The second-order valence-electron chi connectivity index (χ2n) is 5.44. The topological polar surface area (TPSA) is 84.9 Å². The molecule has 0 atom stereocenters. The Labute approximate surface area is 124 Å². The van der Waals surface area contributed by atoms with Crippen LogP contribution >= 0.6 is 0 Å². The molecule has 21 heavy (non-hydrogen) atoms. The van der Waals surface area contributed by atoms with Gasteiger partial charge in [0, 0.05) is 18.2 Å². The van der Waals surface area contributed by atoms with E-state index in [1.54, 1.807) is 12.1 Å². The third-order valence-electron chi connectivity index (χ3n) is 3.19. The van der Waals surface area contributed by atoms with Gasteiger partial charge in [-0.2, -0.15) is 0 Å². The van der Waals surface area contributed by atoms with Gasteiger partial charge in [0.05, 0.1) is 19.6 Å². The summed E-state index contributed by atoms with van der Waals surface area (Å²) in [6.45, 7) is 4.84. The highest BCUT2D eigenvalue weighted by Gasteiger charge is 2.30. The highest BCUT2D eigenvalue weighted by molar-refractivity contribution is 5.95. The Morgan fingerprint density at radius 2 is 1.71 bits per heavy atom. The quantitative estimate of drug-likeness (QED) is 0.842. The number of carbonyl (C=O) groups is 2. The van der Waals surface area contributed by atoms with E-state index in [4.69, 9.17) is 14.6 Å². The van der Waals surface area contributed by atoms with Crippen molar-refractivity contribution < 1.29 is 24.2 Å². The summed E-state index contributed by atoms with van der Waals surface area (Å²) in [5.41, 5.74) is 0.252. The monoisotopic (exact) mass is 295 g/mol. The van der Waals surface area contributed by atoms with Crippen molar-refractivity contribution in [3.63, 3.8) is 0 Å². The molecule has 116 valence electrons. The molecule has 0 radical (unpaired) electrons. The van der Waals surface area contributed by atoms with Crippen LogP contribution in [0.25, 0.3) is 0 Å². The van der Waals surface area contributed by atoms with Crippen LogP contribution < -0.4 is 14.8 Å². The minimum Gasteiger partial charge on any atom is -0.493 e. The molecule has 0 saturated heterocycles. The van der Waals surface area contributed by atoms with Crippen molar-refractivity contribution in [2.24, 2.45) is 5.41 Å². The van der Waals surface area contributed by atoms with Gasteiger partial charge in [-0.1, -0.05) is 0 Å². The maximum Gasteiger partial charge on any atom is 0.309 e. The third-order valence-corrected chi connectivity index (χ3v) is 3.19. The lowest BCUT2D eigenvalue weighted by Gasteiger charge is -2.19. The average molecular weight is 295 g/mol. The SMILES string of the molecule is COc1cc(C)c(NC(=O)CC(C)(C)C(=O)O)cc1OC. The van der Waals surface area contributed by atoms with E-state index < -0.39 is 11.4 Å². The summed E-state index contributed by atoms with van der Waals surface area (Å²) in [6.07, 6.45) is -0.115. The van der Waals surface area contributed by atoms with Gasteiger partial charge in [0.25, 0.3) is 0 Å². The van der Waals surface area contributed by atoms with Crippen molar-refractivity contribution in [1.29, 1.82) is 0 Å². The van der Waals surface area contributed by atoms with Gasteiger partial charge in [0.15, 0.2) is 11.5 Å². The largest absolute Gasteiger partial charge is 0.493 e. The van der Waals surface area contributed by atoms with Crippen LogP contribution in [0.2, 0.25) is 0 Å². The Morgan fingerprint density at radius 3 is 2.19 bits per heavy atom. The molecule has 1 amide bonds. The molecular formula is C15H21NO5. The van der Waals surface area contributed by atoms with Crippen LogP contribution in [0.4, 0.5) is 5.69 Å². The Morgan fingerprint density at radius 1 is 1.19 bits per heavy atom. The van der Waals surface area contributed by atoms with Gasteiger partial charge in [0.1, 0.15) is 0 Å². The molecule has 0 saturated carbocycles. The zero-order valence-corrected chi connectivity index (χ0v) is 12.9. The number of carboxylic acids is 1. The summed E-state index contributed by atoms with van der Waals surface area (Å²) < 4.78 is 10.4. The molecule has 0 fully saturated rings. The number of hydrogen-bond donors (Lipinski definition) is 2. The fourth-order valence-corrected chi connectivity index (χ4v) is 1.79. The smallest absolute Gasteiger partial charge is 0.309 e. The third kappa shape index (κ3) is 4.11. The Balaban J connectivity index is 2.93. The molecule has 0 bridgehead atoms. The lowest BCUT2D eigenvalue weighted by atomic mass is 9.89. The fourth-order valence-electron chi connectivity index (χ4n) is 1.79. The van der Waals surface area contributed by atoms with Crippen molar-refractivity contribution in [2.75, 3.05) is 19.5 Å².